The van der Waals surface area contributed by atoms with E-state index in [1.807, 2.05) is 11.8 Å². The molecule has 5 unspecified atom stereocenters. The van der Waals surface area contributed by atoms with E-state index in [0.29, 0.717) is 17.9 Å². The van der Waals surface area contributed by atoms with E-state index in [4.69, 9.17) is 5.26 Å². The number of likely N-dealkylation sites (tertiary alicyclic amines) is 1. The zero-order valence-electron chi connectivity index (χ0n) is 10.3. The van der Waals surface area contributed by atoms with Crippen molar-refractivity contribution < 1.29 is 4.79 Å². The van der Waals surface area contributed by atoms with Crippen molar-refractivity contribution in [1.29, 1.82) is 5.26 Å². The molecule has 88 valence electrons. The first kappa shape index (κ1) is 11.4. The van der Waals surface area contributed by atoms with Crippen molar-refractivity contribution in [2.45, 2.75) is 52.1 Å². The van der Waals surface area contributed by atoms with E-state index in [1.54, 1.807) is 0 Å². The molecule has 1 heterocycles. The predicted octanol–water partition coefficient (Wildman–Crippen LogP) is 2.18. The average Bonchev–Trinajstić information content (AvgIpc) is 2.97. The number of hydrogen-bond donors (Lipinski definition) is 0. The predicted molar refractivity (Wildman–Crippen MR) is 61.4 cm³/mol. The lowest BCUT2D eigenvalue weighted by Gasteiger charge is -2.28. The Morgan fingerprint density at radius 1 is 1.50 bits per heavy atom. The molecule has 2 fully saturated rings. The summed E-state index contributed by atoms with van der Waals surface area (Å²) >= 11 is 0. The quantitative estimate of drug-likeness (QED) is 0.731. The van der Waals surface area contributed by atoms with Crippen LogP contribution in [0, 0.1) is 29.1 Å². The molecule has 1 aliphatic carbocycles. The molecule has 3 nitrogen and oxygen atoms in total. The maximum Gasteiger partial charge on any atom is 0.227 e. The summed E-state index contributed by atoms with van der Waals surface area (Å²) in [6, 6.07) is 2.51. The first-order valence-corrected chi connectivity index (χ1v) is 6.31. The third kappa shape index (κ3) is 1.71. The van der Waals surface area contributed by atoms with Gasteiger partial charge in [-0.2, -0.15) is 5.26 Å². The normalized spacial score (nSPS) is 35.1. The lowest BCUT2D eigenvalue weighted by Crippen LogP contribution is -2.42. The maximum absolute atomic E-state index is 12.3. The van der Waals surface area contributed by atoms with Gasteiger partial charge in [0.15, 0.2) is 0 Å². The number of amides is 1. The minimum absolute atomic E-state index is 0.0557. The molecule has 2 rings (SSSR count). The first-order chi connectivity index (χ1) is 7.60. The topological polar surface area (TPSA) is 44.1 Å². The van der Waals surface area contributed by atoms with Crippen molar-refractivity contribution in [2.24, 2.45) is 17.8 Å². The lowest BCUT2D eigenvalue weighted by atomic mass is 9.92. The number of nitriles is 1. The van der Waals surface area contributed by atoms with Gasteiger partial charge >= 0.3 is 0 Å². The van der Waals surface area contributed by atoms with E-state index in [9.17, 15) is 4.79 Å². The number of hydrogen-bond acceptors (Lipinski definition) is 2. The molecule has 0 radical (unpaired) electrons. The largest absolute Gasteiger partial charge is 0.323 e. The second-order valence-electron chi connectivity index (χ2n) is 5.36. The van der Waals surface area contributed by atoms with Crippen molar-refractivity contribution in [3.05, 3.63) is 0 Å². The zero-order valence-corrected chi connectivity index (χ0v) is 10.3. The number of piperidine rings is 1. The molecular formula is C13H20N2O. The molecule has 3 heteroatoms. The number of rotatable bonds is 3. The van der Waals surface area contributed by atoms with Gasteiger partial charge in [0.05, 0.1) is 6.07 Å². The first-order valence-electron chi connectivity index (χ1n) is 6.31. The highest BCUT2D eigenvalue weighted by atomic mass is 16.2. The molecular weight excluding hydrogens is 200 g/mol. The summed E-state index contributed by atoms with van der Waals surface area (Å²) in [7, 11) is 0. The van der Waals surface area contributed by atoms with Gasteiger partial charge < -0.3 is 4.90 Å². The second-order valence-corrected chi connectivity index (χ2v) is 5.36. The summed E-state index contributed by atoms with van der Waals surface area (Å²) in [6.07, 6.45) is 3.04. The Bertz CT molecular complexity index is 333. The van der Waals surface area contributed by atoms with Gasteiger partial charge in [-0.25, -0.2) is 0 Å². The van der Waals surface area contributed by atoms with Crippen LogP contribution in [0.4, 0.5) is 0 Å². The standard InChI is InChI=1S/C13H20N2O/c1-4-8(2)9(3)13(16)15-11(7-14)5-10-6-12(10)15/h8-12H,4-6H2,1-3H3. The van der Waals surface area contributed by atoms with Crippen LogP contribution in [-0.2, 0) is 4.79 Å². The smallest absolute Gasteiger partial charge is 0.227 e. The summed E-state index contributed by atoms with van der Waals surface area (Å²) in [4.78, 5) is 14.2. The van der Waals surface area contributed by atoms with Gasteiger partial charge in [0.2, 0.25) is 5.91 Å². The van der Waals surface area contributed by atoms with Gasteiger partial charge in [-0.1, -0.05) is 27.2 Å². The summed E-state index contributed by atoms with van der Waals surface area (Å²) < 4.78 is 0. The van der Waals surface area contributed by atoms with Crippen LogP contribution in [0.2, 0.25) is 0 Å². The van der Waals surface area contributed by atoms with Gasteiger partial charge in [0.1, 0.15) is 6.04 Å². The van der Waals surface area contributed by atoms with Gasteiger partial charge in [-0.05, 0) is 24.7 Å². The van der Waals surface area contributed by atoms with Crippen LogP contribution in [0.1, 0.15) is 40.0 Å². The lowest BCUT2D eigenvalue weighted by molar-refractivity contribution is -0.137. The highest BCUT2D eigenvalue weighted by Crippen LogP contribution is 2.48. The van der Waals surface area contributed by atoms with Crippen molar-refractivity contribution in [2.75, 3.05) is 0 Å². The minimum Gasteiger partial charge on any atom is -0.323 e. The van der Waals surface area contributed by atoms with Crippen molar-refractivity contribution in [1.82, 2.24) is 4.90 Å². The van der Waals surface area contributed by atoms with E-state index in [2.05, 4.69) is 19.9 Å². The molecule has 1 saturated heterocycles. The number of carbonyl (C=O) groups excluding carboxylic acids is 1. The Morgan fingerprint density at radius 2 is 2.19 bits per heavy atom. The van der Waals surface area contributed by atoms with Gasteiger partial charge in [0, 0.05) is 12.0 Å². The molecule has 1 amide bonds. The van der Waals surface area contributed by atoms with Crippen LogP contribution < -0.4 is 0 Å². The summed E-state index contributed by atoms with van der Waals surface area (Å²) in [5, 5.41) is 9.06. The third-order valence-corrected chi connectivity index (χ3v) is 4.39. The molecule has 0 bridgehead atoms. The number of nitrogens with zero attached hydrogens (tertiary/aromatic N) is 2. The Balaban J connectivity index is 2.06. The monoisotopic (exact) mass is 220 g/mol. The highest BCUT2D eigenvalue weighted by Gasteiger charge is 2.54. The van der Waals surface area contributed by atoms with Crippen LogP contribution in [0.3, 0.4) is 0 Å². The van der Waals surface area contributed by atoms with Crippen LogP contribution in [0.15, 0.2) is 0 Å². The molecule has 2 aliphatic rings. The molecule has 1 saturated carbocycles. The molecule has 5 atom stereocenters. The van der Waals surface area contributed by atoms with Gasteiger partial charge in [0.25, 0.3) is 0 Å². The van der Waals surface area contributed by atoms with E-state index in [1.165, 1.54) is 0 Å². The van der Waals surface area contributed by atoms with E-state index in [-0.39, 0.29) is 17.9 Å². The SMILES string of the molecule is CCC(C)C(C)C(=O)N1C(C#N)CC2CC21. The van der Waals surface area contributed by atoms with E-state index in [0.717, 1.165) is 19.3 Å². The Labute approximate surface area is 97.4 Å². The molecule has 0 N–H and O–H groups in total. The molecule has 0 aromatic heterocycles. The fourth-order valence-electron chi connectivity index (χ4n) is 2.72. The van der Waals surface area contributed by atoms with Crippen LogP contribution in [0.25, 0.3) is 0 Å². The fourth-order valence-corrected chi connectivity index (χ4v) is 2.72. The third-order valence-electron chi connectivity index (χ3n) is 4.39. The minimum atomic E-state index is -0.150. The molecule has 0 aromatic carbocycles. The van der Waals surface area contributed by atoms with Crippen molar-refractivity contribution >= 4 is 5.91 Å². The molecule has 1 aliphatic heterocycles. The molecule has 16 heavy (non-hydrogen) atoms. The Kier molecular flexibility index (Phi) is 2.92. The van der Waals surface area contributed by atoms with Crippen molar-refractivity contribution in [3.8, 4) is 6.07 Å². The molecule has 0 aromatic rings. The summed E-state index contributed by atoms with van der Waals surface area (Å²) in [5.41, 5.74) is 0. The molecule has 0 spiro atoms. The van der Waals surface area contributed by atoms with Crippen LogP contribution >= 0.6 is 0 Å². The van der Waals surface area contributed by atoms with Crippen LogP contribution in [0.5, 0.6) is 0 Å². The fraction of sp³-hybridized carbons (Fsp3) is 0.846. The summed E-state index contributed by atoms with van der Waals surface area (Å²) in [5.74, 6) is 1.29. The van der Waals surface area contributed by atoms with Gasteiger partial charge in [-0.15, -0.1) is 0 Å². The Hall–Kier alpha value is -1.04. The number of carbonyl (C=O) groups is 1. The zero-order chi connectivity index (χ0) is 11.9. The Morgan fingerprint density at radius 3 is 2.75 bits per heavy atom. The average molecular weight is 220 g/mol. The van der Waals surface area contributed by atoms with Crippen LogP contribution in [-0.4, -0.2) is 22.9 Å². The van der Waals surface area contributed by atoms with Crippen molar-refractivity contribution in [3.63, 3.8) is 0 Å². The highest BCUT2D eigenvalue weighted by molar-refractivity contribution is 5.80. The van der Waals surface area contributed by atoms with Gasteiger partial charge in [-0.3, -0.25) is 4.79 Å². The summed E-state index contributed by atoms with van der Waals surface area (Å²) in [6.45, 7) is 6.23. The maximum atomic E-state index is 12.3. The van der Waals surface area contributed by atoms with E-state index >= 15 is 0 Å². The van der Waals surface area contributed by atoms with E-state index < -0.39 is 0 Å². The number of fused-ring (bicyclic) bond motifs is 1. The second kappa shape index (κ2) is 4.08.